The van der Waals surface area contributed by atoms with Gasteiger partial charge in [-0.3, -0.25) is 4.57 Å². The Labute approximate surface area is 225 Å². The molecule has 1 saturated heterocycles. The van der Waals surface area contributed by atoms with Crippen LogP contribution in [0.25, 0.3) is 16.9 Å². The molecule has 3 aromatic heterocycles. The van der Waals surface area contributed by atoms with Gasteiger partial charge in [-0.25, -0.2) is 19.9 Å². The Morgan fingerprint density at radius 3 is 2.61 bits per heavy atom. The molecule has 2 aromatic carbocycles. The molecule has 38 heavy (non-hydrogen) atoms. The number of ether oxygens (including phenoxy) is 1. The first kappa shape index (κ1) is 24.1. The smallest absolute Gasteiger partial charge is 0.214 e. The van der Waals surface area contributed by atoms with Crippen molar-refractivity contribution >= 4 is 51.6 Å². The molecule has 0 atom stereocenters. The lowest BCUT2D eigenvalue weighted by atomic mass is 10.2. The van der Waals surface area contributed by atoms with Gasteiger partial charge < -0.3 is 19.9 Å². The number of para-hydroxylation sites is 3. The average Bonchev–Trinajstić information content (AvgIpc) is 3.33. The molecular weight excluding hydrogens is 500 g/mol. The topological polar surface area (TPSA) is 84.2 Å². The molecule has 0 spiro atoms. The fourth-order valence-electron chi connectivity index (χ4n) is 4.61. The minimum Gasteiger partial charge on any atom is -0.378 e. The summed E-state index contributed by atoms with van der Waals surface area (Å²) in [7, 11) is 1.95. The van der Waals surface area contributed by atoms with E-state index in [-0.39, 0.29) is 0 Å². The Morgan fingerprint density at radius 2 is 1.76 bits per heavy atom. The van der Waals surface area contributed by atoms with E-state index in [0.29, 0.717) is 22.6 Å². The second-order valence-electron chi connectivity index (χ2n) is 9.08. The first-order valence-electron chi connectivity index (χ1n) is 12.4. The standard InChI is InChI=1S/C28H27ClN8O/c1-19-6-5-7-21(29)27(19)34-28-33-22-8-3-4-9-23(22)37(28)26-17-25(31-18-32-26)35(2)24-16-20(10-11-30-24)36-12-14-38-15-13-36/h3-11,16-18H,12-15H2,1-2H3,(H,33,34). The summed E-state index contributed by atoms with van der Waals surface area (Å²) in [6.45, 7) is 5.19. The summed E-state index contributed by atoms with van der Waals surface area (Å²) in [4.78, 5) is 22.9. The third-order valence-corrected chi connectivity index (χ3v) is 6.99. The number of anilines is 5. The molecule has 5 aromatic rings. The van der Waals surface area contributed by atoms with Crippen molar-refractivity contribution in [2.24, 2.45) is 0 Å². The first-order valence-corrected chi connectivity index (χ1v) is 12.8. The molecule has 4 heterocycles. The second-order valence-corrected chi connectivity index (χ2v) is 9.49. The molecular formula is C28H27ClN8O. The number of aryl methyl sites for hydroxylation is 1. The largest absolute Gasteiger partial charge is 0.378 e. The molecule has 0 unspecified atom stereocenters. The lowest BCUT2D eigenvalue weighted by Gasteiger charge is -2.29. The highest BCUT2D eigenvalue weighted by Gasteiger charge is 2.18. The van der Waals surface area contributed by atoms with Crippen LogP contribution in [-0.2, 0) is 4.74 Å². The number of halogens is 1. The van der Waals surface area contributed by atoms with Gasteiger partial charge in [-0.1, -0.05) is 35.9 Å². The Kier molecular flexibility index (Phi) is 6.53. The van der Waals surface area contributed by atoms with Gasteiger partial charge in [0.2, 0.25) is 5.95 Å². The molecule has 1 fully saturated rings. The second kappa shape index (κ2) is 10.3. The molecule has 0 radical (unpaired) electrons. The molecule has 0 aliphatic carbocycles. The summed E-state index contributed by atoms with van der Waals surface area (Å²) < 4.78 is 7.48. The summed E-state index contributed by atoms with van der Waals surface area (Å²) in [6.07, 6.45) is 3.39. The number of morpholine rings is 1. The quantitative estimate of drug-likeness (QED) is 0.309. The maximum Gasteiger partial charge on any atom is 0.214 e. The van der Waals surface area contributed by atoms with Gasteiger partial charge in [0, 0.05) is 44.2 Å². The van der Waals surface area contributed by atoms with E-state index in [1.807, 2.05) is 84.2 Å². The van der Waals surface area contributed by atoms with Crippen molar-refractivity contribution in [2.75, 3.05) is 48.5 Å². The lowest BCUT2D eigenvalue weighted by Crippen LogP contribution is -2.36. The number of nitrogens with one attached hydrogen (secondary N) is 1. The summed E-state index contributed by atoms with van der Waals surface area (Å²) >= 11 is 6.53. The average molecular weight is 527 g/mol. The van der Waals surface area contributed by atoms with E-state index < -0.39 is 0 Å². The molecule has 0 saturated carbocycles. The number of benzene rings is 2. The van der Waals surface area contributed by atoms with Crippen LogP contribution in [0.3, 0.4) is 0 Å². The van der Waals surface area contributed by atoms with Crippen molar-refractivity contribution in [2.45, 2.75) is 6.92 Å². The van der Waals surface area contributed by atoms with Crippen molar-refractivity contribution in [3.05, 3.63) is 83.8 Å². The molecule has 1 N–H and O–H groups in total. The van der Waals surface area contributed by atoms with Crippen molar-refractivity contribution in [3.8, 4) is 5.82 Å². The number of nitrogens with zero attached hydrogens (tertiary/aromatic N) is 7. The number of hydrogen-bond acceptors (Lipinski definition) is 8. The third-order valence-electron chi connectivity index (χ3n) is 6.68. The van der Waals surface area contributed by atoms with Crippen LogP contribution in [0.5, 0.6) is 0 Å². The highest BCUT2D eigenvalue weighted by Crippen LogP contribution is 2.32. The third kappa shape index (κ3) is 4.62. The van der Waals surface area contributed by atoms with Gasteiger partial charge in [0.25, 0.3) is 0 Å². The van der Waals surface area contributed by atoms with Gasteiger partial charge in [-0.2, -0.15) is 0 Å². The van der Waals surface area contributed by atoms with E-state index in [2.05, 4.69) is 31.2 Å². The number of hydrogen-bond donors (Lipinski definition) is 1. The van der Waals surface area contributed by atoms with Crippen LogP contribution in [0.2, 0.25) is 5.02 Å². The SMILES string of the molecule is Cc1cccc(Cl)c1Nc1nc2ccccc2n1-c1cc(N(C)c2cc(N3CCOCC3)ccn2)ncn1. The molecule has 9 nitrogen and oxygen atoms in total. The van der Waals surface area contributed by atoms with Crippen LogP contribution in [0.1, 0.15) is 5.56 Å². The minimum atomic E-state index is 0.613. The van der Waals surface area contributed by atoms with Crippen molar-refractivity contribution in [1.29, 1.82) is 0 Å². The van der Waals surface area contributed by atoms with Gasteiger partial charge in [-0.05, 0) is 36.8 Å². The number of imidazole rings is 1. The van der Waals surface area contributed by atoms with Crippen LogP contribution in [0.15, 0.2) is 73.2 Å². The summed E-state index contributed by atoms with van der Waals surface area (Å²) in [5.41, 5.74) is 4.70. The Morgan fingerprint density at radius 1 is 0.947 bits per heavy atom. The van der Waals surface area contributed by atoms with E-state index in [4.69, 9.17) is 21.3 Å². The summed E-state index contributed by atoms with van der Waals surface area (Å²) in [6, 6.07) is 19.8. The van der Waals surface area contributed by atoms with Gasteiger partial charge in [-0.15, -0.1) is 0 Å². The number of rotatable bonds is 6. The normalized spacial score (nSPS) is 13.6. The predicted molar refractivity (Wildman–Crippen MR) is 151 cm³/mol. The fraction of sp³-hybridized carbons (Fsp3) is 0.214. The molecule has 1 aliphatic rings. The van der Waals surface area contributed by atoms with Crippen molar-refractivity contribution < 1.29 is 4.74 Å². The maximum absolute atomic E-state index is 6.53. The predicted octanol–water partition coefficient (Wildman–Crippen LogP) is 5.52. The van der Waals surface area contributed by atoms with Crippen molar-refractivity contribution in [1.82, 2.24) is 24.5 Å². The van der Waals surface area contributed by atoms with Crippen molar-refractivity contribution in [3.63, 3.8) is 0 Å². The zero-order chi connectivity index (χ0) is 26.1. The van der Waals surface area contributed by atoms with Crippen LogP contribution < -0.4 is 15.1 Å². The molecule has 1 aliphatic heterocycles. The minimum absolute atomic E-state index is 0.613. The molecule has 6 rings (SSSR count). The van der Waals surface area contributed by atoms with E-state index in [9.17, 15) is 0 Å². The Hall–Kier alpha value is -4.21. The number of fused-ring (bicyclic) bond motifs is 1. The molecule has 0 amide bonds. The number of aromatic nitrogens is 5. The maximum atomic E-state index is 6.53. The Balaban J connectivity index is 1.38. The summed E-state index contributed by atoms with van der Waals surface area (Å²) in [5, 5.41) is 4.06. The van der Waals surface area contributed by atoms with Crippen LogP contribution in [0, 0.1) is 6.92 Å². The highest BCUT2D eigenvalue weighted by atomic mass is 35.5. The monoisotopic (exact) mass is 526 g/mol. The van der Waals surface area contributed by atoms with Gasteiger partial charge in [0.05, 0.1) is 35.0 Å². The van der Waals surface area contributed by atoms with E-state index in [0.717, 1.165) is 60.1 Å². The molecule has 0 bridgehead atoms. The van der Waals surface area contributed by atoms with Crippen LogP contribution in [-0.4, -0.2) is 57.9 Å². The first-order chi connectivity index (χ1) is 18.6. The van der Waals surface area contributed by atoms with Crippen LogP contribution >= 0.6 is 11.6 Å². The lowest BCUT2D eigenvalue weighted by molar-refractivity contribution is 0.122. The summed E-state index contributed by atoms with van der Waals surface area (Å²) in [5.74, 6) is 2.78. The van der Waals surface area contributed by atoms with E-state index in [1.165, 1.54) is 0 Å². The molecule has 192 valence electrons. The van der Waals surface area contributed by atoms with Gasteiger partial charge in [0.1, 0.15) is 23.8 Å². The van der Waals surface area contributed by atoms with Gasteiger partial charge in [0.15, 0.2) is 0 Å². The highest BCUT2D eigenvalue weighted by molar-refractivity contribution is 6.33. The van der Waals surface area contributed by atoms with Crippen LogP contribution in [0.4, 0.5) is 29.0 Å². The van der Waals surface area contributed by atoms with E-state index >= 15 is 0 Å². The Bertz CT molecular complexity index is 1580. The van der Waals surface area contributed by atoms with E-state index in [1.54, 1.807) is 6.33 Å². The zero-order valence-electron chi connectivity index (χ0n) is 21.2. The number of pyridine rings is 1. The van der Waals surface area contributed by atoms with Gasteiger partial charge >= 0.3 is 0 Å². The molecule has 10 heteroatoms. The zero-order valence-corrected chi connectivity index (χ0v) is 21.9. The fourth-order valence-corrected chi connectivity index (χ4v) is 4.88.